The molecule has 1 saturated heterocycles. The second-order valence-corrected chi connectivity index (χ2v) is 8.95. The van der Waals surface area contributed by atoms with Crippen LogP contribution < -0.4 is 0 Å². The number of aliphatic hydroxyl groups is 1. The number of aryl methyl sites for hydroxylation is 1. The molecule has 1 N–H and O–H groups in total. The number of rotatable bonds is 6. The van der Waals surface area contributed by atoms with Crippen molar-refractivity contribution in [2.75, 3.05) is 39.3 Å². The monoisotopic (exact) mass is 425 g/mol. The van der Waals surface area contributed by atoms with Gasteiger partial charge in [-0.1, -0.05) is 60.2 Å². The number of nitrogens with zero attached hydrogens (tertiary/aromatic N) is 3. The Morgan fingerprint density at radius 1 is 0.875 bits per heavy atom. The van der Waals surface area contributed by atoms with Gasteiger partial charge in [-0.2, -0.15) is 0 Å². The van der Waals surface area contributed by atoms with Gasteiger partial charge in [-0.05, 0) is 35.3 Å². The summed E-state index contributed by atoms with van der Waals surface area (Å²) in [5.41, 5.74) is 10.0. The third kappa shape index (κ3) is 4.53. The molecule has 0 amide bonds. The summed E-state index contributed by atoms with van der Waals surface area (Å²) in [5.74, 6) is 0. The quantitative estimate of drug-likeness (QED) is 0.644. The van der Waals surface area contributed by atoms with E-state index < -0.39 is 0 Å². The number of hydrogen-bond acceptors (Lipinski definition) is 4. The maximum Gasteiger partial charge on any atom is 0.0558 e. The zero-order chi connectivity index (χ0) is 21.9. The van der Waals surface area contributed by atoms with Crippen molar-refractivity contribution in [3.63, 3.8) is 0 Å². The van der Waals surface area contributed by atoms with E-state index in [-0.39, 0.29) is 6.61 Å². The molecule has 2 heterocycles. The minimum absolute atomic E-state index is 0.251. The van der Waals surface area contributed by atoms with Crippen molar-refractivity contribution in [2.45, 2.75) is 19.9 Å². The summed E-state index contributed by atoms with van der Waals surface area (Å²) in [6.07, 6.45) is 5.23. The molecule has 0 spiro atoms. The van der Waals surface area contributed by atoms with Gasteiger partial charge >= 0.3 is 0 Å². The molecule has 1 aliphatic heterocycles. The highest BCUT2D eigenvalue weighted by atomic mass is 16.3. The molecule has 5 rings (SSSR count). The van der Waals surface area contributed by atoms with Crippen LogP contribution in [-0.2, 0) is 13.0 Å². The highest BCUT2D eigenvalue weighted by molar-refractivity contribution is 5.86. The Hall–Kier alpha value is -2.79. The lowest BCUT2D eigenvalue weighted by Gasteiger charge is -2.34. The van der Waals surface area contributed by atoms with Crippen molar-refractivity contribution >= 4 is 5.57 Å². The van der Waals surface area contributed by atoms with E-state index in [2.05, 4.69) is 77.4 Å². The molecule has 1 aromatic heterocycles. The highest BCUT2D eigenvalue weighted by Crippen LogP contribution is 2.34. The number of β-amino-alcohol motifs (C(OH)–C–C–N with tert-alkyl or cyclic N) is 1. The van der Waals surface area contributed by atoms with Gasteiger partial charge in [0.25, 0.3) is 0 Å². The van der Waals surface area contributed by atoms with Gasteiger partial charge in [-0.3, -0.25) is 14.8 Å². The third-order valence-electron chi connectivity index (χ3n) is 6.66. The first-order chi connectivity index (χ1) is 15.7. The summed E-state index contributed by atoms with van der Waals surface area (Å²) in [6.45, 7) is 8.36. The van der Waals surface area contributed by atoms with E-state index >= 15 is 0 Å². The van der Waals surface area contributed by atoms with Crippen molar-refractivity contribution in [3.8, 4) is 11.1 Å². The molecule has 32 heavy (non-hydrogen) atoms. The molecule has 2 aromatic carbocycles. The van der Waals surface area contributed by atoms with Crippen molar-refractivity contribution < 1.29 is 5.11 Å². The van der Waals surface area contributed by atoms with E-state index in [0.717, 1.165) is 45.7 Å². The normalized spacial score (nSPS) is 16.8. The maximum absolute atomic E-state index is 9.11. The van der Waals surface area contributed by atoms with Gasteiger partial charge in [0.2, 0.25) is 0 Å². The van der Waals surface area contributed by atoms with E-state index in [9.17, 15) is 0 Å². The summed E-state index contributed by atoms with van der Waals surface area (Å²) in [7, 11) is 0. The van der Waals surface area contributed by atoms with Crippen molar-refractivity contribution in [3.05, 3.63) is 94.8 Å². The van der Waals surface area contributed by atoms with Crippen LogP contribution in [0.3, 0.4) is 0 Å². The number of aromatic nitrogens is 1. The lowest BCUT2D eigenvalue weighted by Crippen LogP contribution is -2.46. The standard InChI is InChI=1S/C28H31N3O/c1-21-3-2-4-24(17-21)26-9-10-28-27(26)18-25(19-29-28)23-7-5-22(6-8-23)20-31-13-11-30(12-14-31)15-16-32/h2-9,17-19,32H,10-16,20H2,1H3. The SMILES string of the molecule is Cc1cccc(C2=CCc3ncc(-c4ccc(CN5CCN(CCO)CC5)cc4)cc32)c1. The molecule has 0 radical (unpaired) electrons. The van der Waals surface area contributed by atoms with E-state index in [1.807, 2.05) is 6.20 Å². The molecule has 2 aliphatic rings. The van der Waals surface area contributed by atoms with Crippen LogP contribution in [-0.4, -0.2) is 59.2 Å². The Bertz CT molecular complexity index is 1110. The number of aliphatic hydroxyl groups excluding tert-OH is 1. The van der Waals surface area contributed by atoms with Gasteiger partial charge in [0.15, 0.2) is 0 Å². The second-order valence-electron chi connectivity index (χ2n) is 8.95. The summed E-state index contributed by atoms with van der Waals surface area (Å²) >= 11 is 0. The van der Waals surface area contributed by atoms with Crippen LogP contribution >= 0.6 is 0 Å². The van der Waals surface area contributed by atoms with Crippen LogP contribution in [0.4, 0.5) is 0 Å². The molecule has 0 unspecified atom stereocenters. The average Bonchev–Trinajstić information content (AvgIpc) is 3.24. The Morgan fingerprint density at radius 2 is 1.66 bits per heavy atom. The third-order valence-corrected chi connectivity index (χ3v) is 6.66. The second kappa shape index (κ2) is 9.37. The summed E-state index contributed by atoms with van der Waals surface area (Å²) in [5, 5.41) is 9.11. The van der Waals surface area contributed by atoms with Gasteiger partial charge < -0.3 is 5.11 Å². The van der Waals surface area contributed by atoms with E-state index in [4.69, 9.17) is 10.1 Å². The van der Waals surface area contributed by atoms with E-state index in [1.165, 1.54) is 44.6 Å². The fourth-order valence-corrected chi connectivity index (χ4v) is 4.81. The number of pyridine rings is 1. The fraction of sp³-hybridized carbons (Fsp3) is 0.321. The summed E-state index contributed by atoms with van der Waals surface area (Å²) < 4.78 is 0. The molecule has 1 fully saturated rings. The Morgan fingerprint density at radius 3 is 2.41 bits per heavy atom. The predicted molar refractivity (Wildman–Crippen MR) is 130 cm³/mol. The molecule has 4 heteroatoms. The zero-order valence-corrected chi connectivity index (χ0v) is 18.8. The Balaban J connectivity index is 1.29. The largest absolute Gasteiger partial charge is 0.395 e. The molecular formula is C28H31N3O. The highest BCUT2D eigenvalue weighted by Gasteiger charge is 2.19. The number of fused-ring (bicyclic) bond motifs is 1. The molecule has 0 bridgehead atoms. The topological polar surface area (TPSA) is 39.6 Å². The molecule has 164 valence electrons. The van der Waals surface area contributed by atoms with Crippen LogP contribution in [0.25, 0.3) is 16.7 Å². The Labute approximate surface area is 190 Å². The molecule has 0 saturated carbocycles. The van der Waals surface area contributed by atoms with Crippen LogP contribution in [0.2, 0.25) is 0 Å². The van der Waals surface area contributed by atoms with Gasteiger partial charge in [0, 0.05) is 63.0 Å². The zero-order valence-electron chi connectivity index (χ0n) is 18.8. The number of allylic oxidation sites excluding steroid dienone is 1. The molecule has 3 aromatic rings. The molecule has 0 atom stereocenters. The first kappa shape index (κ1) is 21.1. The van der Waals surface area contributed by atoms with Crippen LogP contribution in [0, 0.1) is 6.92 Å². The van der Waals surface area contributed by atoms with Crippen molar-refractivity contribution in [1.82, 2.24) is 14.8 Å². The maximum atomic E-state index is 9.11. The van der Waals surface area contributed by atoms with Crippen molar-refractivity contribution in [1.29, 1.82) is 0 Å². The van der Waals surface area contributed by atoms with Crippen LogP contribution in [0.15, 0.2) is 66.9 Å². The minimum Gasteiger partial charge on any atom is -0.395 e. The van der Waals surface area contributed by atoms with E-state index in [0.29, 0.717) is 0 Å². The molecular weight excluding hydrogens is 394 g/mol. The lowest BCUT2D eigenvalue weighted by molar-refractivity contribution is 0.108. The minimum atomic E-state index is 0.251. The van der Waals surface area contributed by atoms with Gasteiger partial charge in [-0.25, -0.2) is 0 Å². The first-order valence-corrected chi connectivity index (χ1v) is 11.6. The fourth-order valence-electron chi connectivity index (χ4n) is 4.81. The number of benzene rings is 2. The van der Waals surface area contributed by atoms with Gasteiger partial charge in [-0.15, -0.1) is 0 Å². The molecule has 1 aliphatic carbocycles. The number of piperazine rings is 1. The summed E-state index contributed by atoms with van der Waals surface area (Å²) in [6, 6.07) is 20.0. The average molecular weight is 426 g/mol. The van der Waals surface area contributed by atoms with E-state index in [1.54, 1.807) is 0 Å². The van der Waals surface area contributed by atoms with Gasteiger partial charge in [0.05, 0.1) is 12.3 Å². The summed E-state index contributed by atoms with van der Waals surface area (Å²) in [4.78, 5) is 9.62. The number of hydrogen-bond donors (Lipinski definition) is 1. The predicted octanol–water partition coefficient (Wildman–Crippen LogP) is 4.15. The van der Waals surface area contributed by atoms with Crippen LogP contribution in [0.1, 0.15) is 27.9 Å². The Kier molecular flexibility index (Phi) is 6.17. The van der Waals surface area contributed by atoms with Gasteiger partial charge in [0.1, 0.15) is 0 Å². The smallest absolute Gasteiger partial charge is 0.0558 e. The first-order valence-electron chi connectivity index (χ1n) is 11.6. The van der Waals surface area contributed by atoms with Crippen molar-refractivity contribution in [2.24, 2.45) is 0 Å². The lowest BCUT2D eigenvalue weighted by atomic mass is 9.96. The molecule has 4 nitrogen and oxygen atoms in total. The van der Waals surface area contributed by atoms with Crippen LogP contribution in [0.5, 0.6) is 0 Å².